The normalized spacial score (nSPS) is 29.0. The third-order valence-corrected chi connectivity index (χ3v) is 6.65. The minimum atomic E-state index is -0.0844. The lowest BCUT2D eigenvalue weighted by Crippen LogP contribution is -2.36. The summed E-state index contributed by atoms with van der Waals surface area (Å²) in [5.74, 6) is 2.06. The van der Waals surface area contributed by atoms with Gasteiger partial charge in [0.05, 0.1) is 6.10 Å². The van der Waals surface area contributed by atoms with Crippen LogP contribution in [-0.4, -0.2) is 35.2 Å². The summed E-state index contributed by atoms with van der Waals surface area (Å²) in [6, 6.07) is 9.64. The highest BCUT2D eigenvalue weighted by atomic mass is 16.3. The molecule has 0 amide bonds. The molecule has 2 unspecified atom stereocenters. The zero-order valence-electron chi connectivity index (χ0n) is 15.5. The van der Waals surface area contributed by atoms with Gasteiger partial charge in [0, 0.05) is 32.2 Å². The van der Waals surface area contributed by atoms with Gasteiger partial charge in [-0.2, -0.15) is 0 Å². The summed E-state index contributed by atoms with van der Waals surface area (Å²) >= 11 is 0. The van der Waals surface area contributed by atoms with Gasteiger partial charge in [0.15, 0.2) is 0 Å². The molecule has 2 N–H and O–H groups in total. The van der Waals surface area contributed by atoms with Crippen LogP contribution in [0.1, 0.15) is 62.5 Å². The van der Waals surface area contributed by atoms with Crippen LogP contribution in [0.5, 0.6) is 0 Å². The first-order chi connectivity index (χ1) is 12.3. The van der Waals surface area contributed by atoms with Crippen LogP contribution in [0.2, 0.25) is 0 Å². The Morgan fingerprint density at radius 2 is 1.68 bits per heavy atom. The molecule has 1 heterocycles. The maximum atomic E-state index is 9.70. The number of piperidine rings is 1. The number of aliphatic hydroxyl groups excluding tert-OH is 1. The highest BCUT2D eigenvalue weighted by Crippen LogP contribution is 2.43. The molecule has 0 aromatic heterocycles. The van der Waals surface area contributed by atoms with Gasteiger partial charge in [-0.3, -0.25) is 4.90 Å². The molecule has 3 fully saturated rings. The fraction of sp³-hybridized carbons (Fsp3) is 0.727. The summed E-state index contributed by atoms with van der Waals surface area (Å²) in [5.41, 5.74) is 2.92. The van der Waals surface area contributed by atoms with Gasteiger partial charge in [-0.05, 0) is 61.5 Å². The molecule has 1 aromatic rings. The number of hydrogen-bond acceptors (Lipinski definition) is 3. The Kier molecular flexibility index (Phi) is 5.74. The molecule has 2 aliphatic carbocycles. The van der Waals surface area contributed by atoms with Gasteiger partial charge in [-0.25, -0.2) is 0 Å². The van der Waals surface area contributed by atoms with Gasteiger partial charge >= 0.3 is 0 Å². The molecule has 1 saturated heterocycles. The fourth-order valence-corrected chi connectivity index (χ4v) is 4.87. The molecule has 0 radical (unpaired) electrons. The highest BCUT2D eigenvalue weighted by molar-refractivity contribution is 5.27. The monoisotopic (exact) mass is 342 g/mol. The molecule has 4 rings (SSSR count). The standard InChI is InChI=1S/C22H34N2O/c25-22-10-12-24(13-11-22)16-20-5-2-1-4-19(20)15-23-21-7-3-6-18(14-21)17-8-9-17/h1-2,4-5,17-18,21-23,25H,3,6-16H2. The minimum absolute atomic E-state index is 0.0844. The Labute approximate surface area is 152 Å². The first-order valence-corrected chi connectivity index (χ1v) is 10.5. The van der Waals surface area contributed by atoms with E-state index in [1.54, 1.807) is 0 Å². The summed E-state index contributed by atoms with van der Waals surface area (Å²) in [5, 5.41) is 13.6. The molecular formula is C22H34N2O. The van der Waals surface area contributed by atoms with Gasteiger partial charge < -0.3 is 10.4 Å². The lowest BCUT2D eigenvalue weighted by Gasteiger charge is -2.31. The van der Waals surface area contributed by atoms with Crippen molar-refractivity contribution in [3.8, 4) is 0 Å². The lowest BCUT2D eigenvalue weighted by atomic mass is 9.82. The summed E-state index contributed by atoms with van der Waals surface area (Å²) in [7, 11) is 0. The Balaban J connectivity index is 1.31. The van der Waals surface area contributed by atoms with E-state index in [4.69, 9.17) is 0 Å². The van der Waals surface area contributed by atoms with Crippen molar-refractivity contribution < 1.29 is 5.11 Å². The maximum absolute atomic E-state index is 9.70. The molecule has 3 heteroatoms. The number of hydrogen-bond donors (Lipinski definition) is 2. The van der Waals surface area contributed by atoms with Crippen LogP contribution in [0, 0.1) is 11.8 Å². The molecule has 2 atom stereocenters. The van der Waals surface area contributed by atoms with Gasteiger partial charge in [-0.1, -0.05) is 37.1 Å². The van der Waals surface area contributed by atoms with E-state index in [9.17, 15) is 5.11 Å². The van der Waals surface area contributed by atoms with Crippen molar-refractivity contribution in [2.24, 2.45) is 11.8 Å². The molecule has 3 aliphatic rings. The molecule has 1 aromatic carbocycles. The highest BCUT2D eigenvalue weighted by Gasteiger charge is 2.34. The van der Waals surface area contributed by atoms with Crippen molar-refractivity contribution >= 4 is 0 Å². The van der Waals surface area contributed by atoms with Gasteiger partial charge in [0.1, 0.15) is 0 Å². The zero-order chi connectivity index (χ0) is 17.1. The van der Waals surface area contributed by atoms with Crippen molar-refractivity contribution in [1.29, 1.82) is 0 Å². The van der Waals surface area contributed by atoms with E-state index in [-0.39, 0.29) is 6.10 Å². The number of nitrogens with one attached hydrogen (secondary N) is 1. The topological polar surface area (TPSA) is 35.5 Å². The average molecular weight is 343 g/mol. The largest absolute Gasteiger partial charge is 0.393 e. The SMILES string of the molecule is OC1CCN(Cc2ccccc2CNC2CCCC(C3CC3)C2)CC1. The van der Waals surface area contributed by atoms with Crippen LogP contribution >= 0.6 is 0 Å². The van der Waals surface area contributed by atoms with E-state index >= 15 is 0 Å². The van der Waals surface area contributed by atoms with E-state index in [0.29, 0.717) is 0 Å². The molecule has 3 nitrogen and oxygen atoms in total. The summed E-state index contributed by atoms with van der Waals surface area (Å²) < 4.78 is 0. The number of rotatable bonds is 6. The third kappa shape index (κ3) is 4.84. The molecule has 1 aliphatic heterocycles. The molecular weight excluding hydrogens is 308 g/mol. The Bertz CT molecular complexity index is 549. The van der Waals surface area contributed by atoms with Gasteiger partial charge in [0.2, 0.25) is 0 Å². The van der Waals surface area contributed by atoms with Crippen molar-refractivity contribution in [2.45, 2.75) is 76.6 Å². The van der Waals surface area contributed by atoms with E-state index in [2.05, 4.69) is 34.5 Å². The second kappa shape index (κ2) is 8.20. The number of nitrogens with zero attached hydrogens (tertiary/aromatic N) is 1. The summed E-state index contributed by atoms with van der Waals surface area (Å²) in [6.45, 7) is 4.08. The van der Waals surface area contributed by atoms with Crippen molar-refractivity contribution in [2.75, 3.05) is 13.1 Å². The third-order valence-electron chi connectivity index (χ3n) is 6.65. The second-order valence-electron chi connectivity index (χ2n) is 8.62. The van der Waals surface area contributed by atoms with Crippen molar-refractivity contribution in [3.05, 3.63) is 35.4 Å². The van der Waals surface area contributed by atoms with E-state index < -0.39 is 0 Å². The van der Waals surface area contributed by atoms with Crippen LogP contribution < -0.4 is 5.32 Å². The van der Waals surface area contributed by atoms with E-state index in [1.807, 2.05) is 0 Å². The molecule has 2 saturated carbocycles. The summed E-state index contributed by atoms with van der Waals surface area (Å²) in [6.07, 6.45) is 10.4. The molecule has 0 bridgehead atoms. The van der Waals surface area contributed by atoms with Crippen LogP contribution in [-0.2, 0) is 13.1 Å². The molecule has 25 heavy (non-hydrogen) atoms. The van der Waals surface area contributed by atoms with Crippen molar-refractivity contribution in [3.63, 3.8) is 0 Å². The first-order valence-electron chi connectivity index (χ1n) is 10.5. The van der Waals surface area contributed by atoms with E-state index in [0.717, 1.165) is 56.9 Å². The molecule has 138 valence electrons. The summed E-state index contributed by atoms with van der Waals surface area (Å²) in [4.78, 5) is 2.50. The Morgan fingerprint density at radius 1 is 0.920 bits per heavy atom. The van der Waals surface area contributed by atoms with Crippen LogP contribution in [0.15, 0.2) is 24.3 Å². The number of likely N-dealkylation sites (tertiary alicyclic amines) is 1. The minimum Gasteiger partial charge on any atom is -0.393 e. The Morgan fingerprint density at radius 3 is 2.44 bits per heavy atom. The second-order valence-corrected chi connectivity index (χ2v) is 8.62. The smallest absolute Gasteiger partial charge is 0.0564 e. The first kappa shape index (κ1) is 17.5. The van der Waals surface area contributed by atoms with Crippen molar-refractivity contribution in [1.82, 2.24) is 10.2 Å². The van der Waals surface area contributed by atoms with Gasteiger partial charge in [-0.15, -0.1) is 0 Å². The lowest BCUT2D eigenvalue weighted by molar-refractivity contribution is 0.0791. The maximum Gasteiger partial charge on any atom is 0.0564 e. The predicted octanol–water partition coefficient (Wildman–Crippen LogP) is 3.70. The van der Waals surface area contributed by atoms with E-state index in [1.165, 1.54) is 49.7 Å². The molecule has 0 spiro atoms. The van der Waals surface area contributed by atoms with Crippen LogP contribution in [0.3, 0.4) is 0 Å². The number of benzene rings is 1. The zero-order valence-corrected chi connectivity index (χ0v) is 15.5. The predicted molar refractivity (Wildman–Crippen MR) is 102 cm³/mol. The number of aliphatic hydroxyl groups is 1. The fourth-order valence-electron chi connectivity index (χ4n) is 4.87. The van der Waals surface area contributed by atoms with Crippen LogP contribution in [0.25, 0.3) is 0 Å². The Hall–Kier alpha value is -0.900. The quantitative estimate of drug-likeness (QED) is 0.827. The van der Waals surface area contributed by atoms with Crippen LogP contribution in [0.4, 0.5) is 0 Å². The van der Waals surface area contributed by atoms with Gasteiger partial charge in [0.25, 0.3) is 0 Å². The average Bonchev–Trinajstić information content (AvgIpc) is 3.48.